The van der Waals surface area contributed by atoms with Gasteiger partial charge in [0, 0.05) is 0 Å². The van der Waals surface area contributed by atoms with E-state index in [1.54, 1.807) is 22.5 Å². The molecule has 0 unspecified atom stereocenters. The fourth-order valence-corrected chi connectivity index (χ4v) is 3.41. The molecular weight excluding hydrogens is 406 g/mol. The minimum Gasteiger partial charge on any atom is -0.462 e. The van der Waals surface area contributed by atoms with E-state index < -0.39 is 5.97 Å². The molecule has 0 atom stereocenters. The highest BCUT2D eigenvalue weighted by Gasteiger charge is 2.22. The predicted octanol–water partition coefficient (Wildman–Crippen LogP) is 3.92. The van der Waals surface area contributed by atoms with Crippen molar-refractivity contribution in [3.63, 3.8) is 0 Å². The minimum atomic E-state index is -0.470. The van der Waals surface area contributed by atoms with E-state index in [9.17, 15) is 4.79 Å². The summed E-state index contributed by atoms with van der Waals surface area (Å²) in [4.78, 5) is 21.4. The number of nitrogens with one attached hydrogen (secondary N) is 1. The first-order chi connectivity index (χ1) is 15.8. The van der Waals surface area contributed by atoms with Crippen LogP contribution >= 0.6 is 0 Å². The third kappa shape index (κ3) is 3.45. The number of nitrogens with zero attached hydrogens (tertiary/aromatic N) is 6. The molecule has 0 saturated heterocycles. The number of benzene rings is 2. The van der Waals surface area contributed by atoms with Gasteiger partial charge >= 0.3 is 5.97 Å². The number of ether oxygens (including phenoxy) is 1. The van der Waals surface area contributed by atoms with Gasteiger partial charge in [0.25, 0.3) is 0 Å². The minimum absolute atomic E-state index is 0.260. The number of rotatable bonds is 6. The van der Waals surface area contributed by atoms with Crippen molar-refractivity contribution in [2.75, 3.05) is 11.9 Å². The molecule has 32 heavy (non-hydrogen) atoms. The van der Waals surface area contributed by atoms with Gasteiger partial charge in [0.1, 0.15) is 23.5 Å². The lowest BCUT2D eigenvalue weighted by Gasteiger charge is -2.12. The predicted molar refractivity (Wildman–Crippen MR) is 119 cm³/mol. The van der Waals surface area contributed by atoms with Gasteiger partial charge in [-0.2, -0.15) is 10.2 Å². The quantitative estimate of drug-likeness (QED) is 0.412. The molecule has 0 aliphatic carbocycles. The molecular formula is C23H19N7O2. The van der Waals surface area contributed by atoms with Crippen LogP contribution < -0.4 is 5.32 Å². The van der Waals surface area contributed by atoms with E-state index in [1.165, 1.54) is 12.5 Å². The molecule has 3 heterocycles. The zero-order chi connectivity index (χ0) is 21.9. The summed E-state index contributed by atoms with van der Waals surface area (Å²) in [6.07, 6.45) is 4.64. The van der Waals surface area contributed by atoms with Crippen LogP contribution in [0.2, 0.25) is 0 Å². The smallest absolute Gasteiger partial charge is 0.343 e. The lowest BCUT2D eigenvalue weighted by Crippen LogP contribution is -2.10. The van der Waals surface area contributed by atoms with Crippen LogP contribution in [-0.2, 0) is 4.74 Å². The lowest BCUT2D eigenvalue weighted by molar-refractivity contribution is 0.0527. The third-order valence-electron chi connectivity index (χ3n) is 4.87. The van der Waals surface area contributed by atoms with Gasteiger partial charge in [-0.15, -0.1) is 0 Å². The fourth-order valence-electron chi connectivity index (χ4n) is 3.41. The second kappa shape index (κ2) is 8.31. The van der Waals surface area contributed by atoms with Crippen LogP contribution in [0.3, 0.4) is 0 Å². The molecule has 0 amide bonds. The van der Waals surface area contributed by atoms with Crippen LogP contribution in [0.5, 0.6) is 0 Å². The number of esters is 1. The molecule has 0 aliphatic rings. The van der Waals surface area contributed by atoms with E-state index in [1.807, 2.05) is 60.7 Å². The molecule has 2 aromatic carbocycles. The number of anilines is 2. The largest absolute Gasteiger partial charge is 0.462 e. The number of para-hydroxylation sites is 2. The van der Waals surface area contributed by atoms with E-state index in [0.29, 0.717) is 28.2 Å². The normalized spacial score (nSPS) is 10.9. The number of fused-ring (bicyclic) bond motifs is 1. The van der Waals surface area contributed by atoms with Crippen LogP contribution in [0, 0.1) is 0 Å². The summed E-state index contributed by atoms with van der Waals surface area (Å²) in [6, 6.07) is 19.2. The zero-order valence-corrected chi connectivity index (χ0v) is 17.2. The number of hydrogen-bond acceptors (Lipinski definition) is 7. The molecule has 0 bridgehead atoms. The molecule has 1 N–H and O–H groups in total. The molecule has 0 aliphatic heterocycles. The van der Waals surface area contributed by atoms with Gasteiger partial charge in [0.05, 0.1) is 35.8 Å². The summed E-state index contributed by atoms with van der Waals surface area (Å²) >= 11 is 0. The van der Waals surface area contributed by atoms with Crippen LogP contribution in [-0.4, -0.2) is 42.1 Å². The second-order valence-electron chi connectivity index (χ2n) is 6.85. The maximum atomic E-state index is 12.6. The number of carbonyl (C=O) groups excluding carboxylic acids is 1. The molecule has 0 radical (unpaired) electrons. The van der Waals surface area contributed by atoms with Crippen molar-refractivity contribution in [2.45, 2.75) is 6.92 Å². The zero-order valence-electron chi connectivity index (χ0n) is 17.2. The topological polar surface area (TPSA) is 99.8 Å². The second-order valence-corrected chi connectivity index (χ2v) is 6.85. The van der Waals surface area contributed by atoms with Gasteiger partial charge in [-0.25, -0.2) is 24.1 Å². The SMILES string of the molecule is CCOC(=O)c1cnn(-c2ccccc2)c1Nc1ncnc2c1cnn2-c1ccccc1. The van der Waals surface area contributed by atoms with E-state index >= 15 is 0 Å². The van der Waals surface area contributed by atoms with Crippen molar-refractivity contribution in [3.05, 3.63) is 84.9 Å². The lowest BCUT2D eigenvalue weighted by atomic mass is 10.3. The van der Waals surface area contributed by atoms with Crippen molar-refractivity contribution in [2.24, 2.45) is 0 Å². The van der Waals surface area contributed by atoms with Crippen molar-refractivity contribution in [3.8, 4) is 11.4 Å². The molecule has 0 saturated carbocycles. The molecule has 5 aromatic rings. The fraction of sp³-hybridized carbons (Fsp3) is 0.0870. The van der Waals surface area contributed by atoms with Crippen molar-refractivity contribution in [1.29, 1.82) is 0 Å². The van der Waals surface area contributed by atoms with Gasteiger partial charge < -0.3 is 10.1 Å². The van der Waals surface area contributed by atoms with Crippen LogP contribution in [0.25, 0.3) is 22.4 Å². The standard InChI is InChI=1S/C23H19N7O2/c1-2-32-23(31)19-14-27-30(17-11-7-4-8-12-17)22(19)28-20-18-13-26-29(21(18)25-15-24-20)16-9-5-3-6-10-16/h3-15H,2H2,1H3,(H,24,25,28). The van der Waals surface area contributed by atoms with E-state index in [4.69, 9.17) is 4.74 Å². The molecule has 0 fully saturated rings. The maximum Gasteiger partial charge on any atom is 0.343 e. The van der Waals surface area contributed by atoms with E-state index in [0.717, 1.165) is 11.4 Å². The highest BCUT2D eigenvalue weighted by Crippen LogP contribution is 2.28. The summed E-state index contributed by atoms with van der Waals surface area (Å²) in [7, 11) is 0. The van der Waals surface area contributed by atoms with Gasteiger partial charge in [-0.3, -0.25) is 0 Å². The Labute approximate surface area is 183 Å². The molecule has 3 aromatic heterocycles. The number of carbonyl (C=O) groups is 1. The Kier molecular flexibility index (Phi) is 5.04. The maximum absolute atomic E-state index is 12.6. The number of hydrogen-bond donors (Lipinski definition) is 1. The van der Waals surface area contributed by atoms with Crippen LogP contribution in [0.15, 0.2) is 79.4 Å². The van der Waals surface area contributed by atoms with Gasteiger partial charge in [-0.05, 0) is 31.2 Å². The molecule has 5 rings (SSSR count). The van der Waals surface area contributed by atoms with E-state index in [2.05, 4.69) is 25.5 Å². The Morgan fingerprint density at radius 1 is 0.906 bits per heavy atom. The summed E-state index contributed by atoms with van der Waals surface area (Å²) in [5, 5.41) is 12.9. The summed E-state index contributed by atoms with van der Waals surface area (Å²) in [5.74, 6) is 0.477. The molecule has 0 spiro atoms. The van der Waals surface area contributed by atoms with Crippen molar-refractivity contribution in [1.82, 2.24) is 29.5 Å². The first-order valence-electron chi connectivity index (χ1n) is 10.1. The molecule has 158 valence electrons. The Morgan fingerprint density at radius 2 is 1.56 bits per heavy atom. The summed E-state index contributed by atoms with van der Waals surface area (Å²) < 4.78 is 8.60. The number of aromatic nitrogens is 6. The first-order valence-corrected chi connectivity index (χ1v) is 10.1. The van der Waals surface area contributed by atoms with Crippen LogP contribution in [0.4, 0.5) is 11.6 Å². The first kappa shape index (κ1) is 19.4. The van der Waals surface area contributed by atoms with Gasteiger partial charge in [-0.1, -0.05) is 36.4 Å². The van der Waals surface area contributed by atoms with Gasteiger partial charge in [0.15, 0.2) is 5.65 Å². The van der Waals surface area contributed by atoms with Crippen molar-refractivity contribution >= 4 is 28.6 Å². The third-order valence-corrected chi connectivity index (χ3v) is 4.87. The van der Waals surface area contributed by atoms with Crippen molar-refractivity contribution < 1.29 is 9.53 Å². The summed E-state index contributed by atoms with van der Waals surface area (Å²) in [5.41, 5.74) is 2.61. The Balaban J connectivity index is 1.61. The summed E-state index contributed by atoms with van der Waals surface area (Å²) in [6.45, 7) is 2.02. The Hall–Kier alpha value is -4.53. The molecule has 9 heteroatoms. The average molecular weight is 425 g/mol. The average Bonchev–Trinajstić information content (AvgIpc) is 3.46. The van der Waals surface area contributed by atoms with E-state index in [-0.39, 0.29) is 6.61 Å². The Bertz CT molecular complexity index is 1380. The highest BCUT2D eigenvalue weighted by molar-refractivity contribution is 5.97. The Morgan fingerprint density at radius 3 is 2.25 bits per heavy atom. The molecule has 9 nitrogen and oxygen atoms in total. The van der Waals surface area contributed by atoms with Crippen LogP contribution in [0.1, 0.15) is 17.3 Å². The monoisotopic (exact) mass is 425 g/mol. The highest BCUT2D eigenvalue weighted by atomic mass is 16.5. The van der Waals surface area contributed by atoms with Gasteiger partial charge in [0.2, 0.25) is 0 Å².